The van der Waals surface area contributed by atoms with Gasteiger partial charge in [-0.2, -0.15) is 0 Å². The Morgan fingerprint density at radius 2 is 2.00 bits per heavy atom. The topological polar surface area (TPSA) is 15.3 Å². The summed E-state index contributed by atoms with van der Waals surface area (Å²) in [5, 5.41) is 3.62. The number of nitrogens with zero attached hydrogens (tertiary/aromatic N) is 1. The summed E-state index contributed by atoms with van der Waals surface area (Å²) in [7, 11) is 0. The minimum atomic E-state index is 0.814. The largest absolute Gasteiger partial charge is 0.309 e. The van der Waals surface area contributed by atoms with Crippen LogP contribution < -0.4 is 5.32 Å². The number of likely N-dealkylation sites (tertiary alicyclic amines) is 1. The van der Waals surface area contributed by atoms with Crippen LogP contribution in [0.5, 0.6) is 0 Å². The maximum atomic E-state index is 3.62. The number of aryl methyl sites for hydroxylation is 1. The quantitative estimate of drug-likeness (QED) is 0.886. The molecule has 0 bridgehead atoms. The Balaban J connectivity index is 1.54. The Bertz CT molecular complexity index is 414. The van der Waals surface area contributed by atoms with Crippen LogP contribution in [0.3, 0.4) is 0 Å². The van der Waals surface area contributed by atoms with Crippen LogP contribution in [0.4, 0.5) is 0 Å². The predicted molar refractivity (Wildman–Crippen MR) is 82.6 cm³/mol. The van der Waals surface area contributed by atoms with Crippen LogP contribution >= 0.6 is 11.3 Å². The second-order valence-corrected chi connectivity index (χ2v) is 7.75. The van der Waals surface area contributed by atoms with Crippen molar-refractivity contribution in [1.82, 2.24) is 10.2 Å². The van der Waals surface area contributed by atoms with E-state index < -0.39 is 0 Å². The van der Waals surface area contributed by atoms with Gasteiger partial charge in [-0.3, -0.25) is 4.90 Å². The summed E-state index contributed by atoms with van der Waals surface area (Å²) in [6, 6.07) is 3.25. The van der Waals surface area contributed by atoms with Gasteiger partial charge in [-0.1, -0.05) is 6.92 Å². The molecule has 0 aromatic carbocycles. The third-order valence-electron chi connectivity index (χ3n) is 4.48. The zero-order valence-corrected chi connectivity index (χ0v) is 13.1. The average Bonchev–Trinajstić information content (AvgIpc) is 3.16. The van der Waals surface area contributed by atoms with Gasteiger partial charge in [0, 0.05) is 28.9 Å². The van der Waals surface area contributed by atoms with E-state index in [0.717, 1.165) is 18.5 Å². The lowest BCUT2D eigenvalue weighted by Gasteiger charge is -2.30. The Kier molecular flexibility index (Phi) is 4.25. The molecule has 2 nitrogen and oxygen atoms in total. The zero-order chi connectivity index (χ0) is 13.2. The Morgan fingerprint density at radius 1 is 1.26 bits per heavy atom. The maximum Gasteiger partial charge on any atom is 0.0302 e. The summed E-state index contributed by atoms with van der Waals surface area (Å²) in [6.45, 7) is 9.48. The van der Waals surface area contributed by atoms with Crippen molar-refractivity contribution in [2.24, 2.45) is 5.92 Å². The Labute approximate surface area is 121 Å². The van der Waals surface area contributed by atoms with E-state index in [-0.39, 0.29) is 0 Å². The molecule has 1 aliphatic heterocycles. The van der Waals surface area contributed by atoms with Gasteiger partial charge in [0.2, 0.25) is 0 Å². The molecule has 3 rings (SSSR count). The molecule has 2 fully saturated rings. The molecule has 19 heavy (non-hydrogen) atoms. The van der Waals surface area contributed by atoms with Crippen LogP contribution in [-0.4, -0.2) is 24.0 Å². The van der Waals surface area contributed by atoms with Gasteiger partial charge in [0.1, 0.15) is 0 Å². The Morgan fingerprint density at radius 3 is 2.68 bits per heavy atom. The molecule has 1 aliphatic carbocycles. The zero-order valence-electron chi connectivity index (χ0n) is 12.2. The fourth-order valence-corrected chi connectivity index (χ4v) is 3.83. The lowest BCUT2D eigenvalue weighted by atomic mass is 9.99. The van der Waals surface area contributed by atoms with E-state index in [4.69, 9.17) is 0 Å². The summed E-state index contributed by atoms with van der Waals surface area (Å²) in [4.78, 5) is 5.67. The number of hydrogen-bond acceptors (Lipinski definition) is 3. The van der Waals surface area contributed by atoms with Crippen molar-refractivity contribution in [2.45, 2.75) is 58.7 Å². The average molecular weight is 278 g/mol. The summed E-state index contributed by atoms with van der Waals surface area (Å²) >= 11 is 1.98. The molecular formula is C16H26N2S. The summed E-state index contributed by atoms with van der Waals surface area (Å²) in [5.74, 6) is 0.929. The van der Waals surface area contributed by atoms with E-state index in [9.17, 15) is 0 Å². The number of thiophene rings is 1. The first-order valence-electron chi connectivity index (χ1n) is 7.74. The van der Waals surface area contributed by atoms with Gasteiger partial charge in [0.15, 0.2) is 0 Å². The monoisotopic (exact) mass is 278 g/mol. The number of hydrogen-bond donors (Lipinski definition) is 1. The molecule has 2 aliphatic rings. The van der Waals surface area contributed by atoms with Crippen molar-refractivity contribution in [3.63, 3.8) is 0 Å². The van der Waals surface area contributed by atoms with Crippen LogP contribution in [0.2, 0.25) is 0 Å². The van der Waals surface area contributed by atoms with E-state index in [1.54, 1.807) is 5.56 Å². The van der Waals surface area contributed by atoms with Gasteiger partial charge in [-0.05, 0) is 63.2 Å². The first-order valence-corrected chi connectivity index (χ1v) is 8.56. The molecule has 0 atom stereocenters. The predicted octanol–water partition coefficient (Wildman–Crippen LogP) is 3.54. The lowest BCUT2D eigenvalue weighted by molar-refractivity contribution is 0.185. The molecule has 1 aromatic rings. The first kappa shape index (κ1) is 13.6. The Hall–Kier alpha value is -0.380. The molecule has 3 heteroatoms. The SMILES string of the molecule is Cc1sc(CNC2CC2)cc1CN1CCC(C)CC1. The summed E-state index contributed by atoms with van der Waals surface area (Å²) in [5.41, 5.74) is 1.56. The number of nitrogens with one attached hydrogen (secondary N) is 1. The normalized spacial score (nSPS) is 22.0. The van der Waals surface area contributed by atoms with Gasteiger partial charge in [-0.25, -0.2) is 0 Å². The molecule has 0 radical (unpaired) electrons. The van der Waals surface area contributed by atoms with Crippen molar-refractivity contribution < 1.29 is 0 Å². The highest BCUT2D eigenvalue weighted by atomic mass is 32.1. The molecule has 106 valence electrons. The van der Waals surface area contributed by atoms with E-state index in [2.05, 4.69) is 30.1 Å². The second kappa shape index (κ2) is 5.94. The minimum absolute atomic E-state index is 0.814. The molecule has 2 heterocycles. The van der Waals surface area contributed by atoms with Crippen molar-refractivity contribution in [2.75, 3.05) is 13.1 Å². The van der Waals surface area contributed by atoms with E-state index in [1.165, 1.54) is 55.1 Å². The van der Waals surface area contributed by atoms with Gasteiger partial charge in [-0.15, -0.1) is 11.3 Å². The molecule has 1 saturated heterocycles. The van der Waals surface area contributed by atoms with Crippen LogP contribution in [0.15, 0.2) is 6.07 Å². The molecule has 0 unspecified atom stereocenters. The summed E-state index contributed by atoms with van der Waals surface area (Å²) < 4.78 is 0. The molecular weight excluding hydrogens is 252 g/mol. The standard InChI is InChI=1S/C16H26N2S/c1-12-5-7-18(8-6-12)11-14-9-16(19-13(14)2)10-17-15-3-4-15/h9,12,15,17H,3-8,10-11H2,1-2H3. The van der Waals surface area contributed by atoms with Gasteiger partial charge in [0.05, 0.1) is 0 Å². The van der Waals surface area contributed by atoms with Crippen LogP contribution in [0.25, 0.3) is 0 Å². The van der Waals surface area contributed by atoms with Crippen molar-refractivity contribution >= 4 is 11.3 Å². The third-order valence-corrected chi connectivity index (χ3v) is 5.58. The van der Waals surface area contributed by atoms with E-state index in [1.807, 2.05) is 11.3 Å². The lowest BCUT2D eigenvalue weighted by Crippen LogP contribution is -2.32. The highest BCUT2D eigenvalue weighted by Crippen LogP contribution is 2.26. The maximum absolute atomic E-state index is 3.62. The second-order valence-electron chi connectivity index (χ2n) is 6.41. The highest BCUT2D eigenvalue weighted by Gasteiger charge is 2.21. The summed E-state index contributed by atoms with van der Waals surface area (Å²) in [6.07, 6.45) is 5.50. The van der Waals surface area contributed by atoms with Gasteiger partial charge >= 0.3 is 0 Å². The van der Waals surface area contributed by atoms with E-state index >= 15 is 0 Å². The molecule has 1 aromatic heterocycles. The highest BCUT2D eigenvalue weighted by molar-refractivity contribution is 7.12. The third kappa shape index (κ3) is 3.80. The molecule has 1 N–H and O–H groups in total. The minimum Gasteiger partial charge on any atom is -0.309 e. The van der Waals surface area contributed by atoms with Crippen LogP contribution in [0.1, 0.15) is 47.9 Å². The molecule has 0 spiro atoms. The van der Waals surface area contributed by atoms with Gasteiger partial charge < -0.3 is 5.32 Å². The first-order chi connectivity index (χ1) is 9.20. The number of piperidine rings is 1. The van der Waals surface area contributed by atoms with Crippen LogP contribution in [-0.2, 0) is 13.1 Å². The van der Waals surface area contributed by atoms with Gasteiger partial charge in [0.25, 0.3) is 0 Å². The number of rotatable bonds is 5. The van der Waals surface area contributed by atoms with Crippen molar-refractivity contribution in [3.8, 4) is 0 Å². The fourth-order valence-electron chi connectivity index (χ4n) is 2.83. The van der Waals surface area contributed by atoms with Crippen molar-refractivity contribution in [1.29, 1.82) is 0 Å². The van der Waals surface area contributed by atoms with E-state index in [0.29, 0.717) is 0 Å². The molecule has 1 saturated carbocycles. The van der Waals surface area contributed by atoms with Crippen LogP contribution in [0, 0.1) is 12.8 Å². The fraction of sp³-hybridized carbons (Fsp3) is 0.750. The van der Waals surface area contributed by atoms with Crippen molar-refractivity contribution in [3.05, 3.63) is 21.4 Å². The smallest absolute Gasteiger partial charge is 0.0302 e. The molecule has 0 amide bonds.